The summed E-state index contributed by atoms with van der Waals surface area (Å²) in [6.07, 6.45) is 4.77. The molecule has 0 atom stereocenters. The molecule has 1 fully saturated rings. The minimum Gasteiger partial charge on any atom is -0.489 e. The average Bonchev–Trinajstić information content (AvgIpc) is 2.99. The Morgan fingerprint density at radius 2 is 1.80 bits per heavy atom. The molecule has 1 aliphatic rings. The largest absolute Gasteiger partial charge is 0.489 e. The number of aryl methyl sites for hydroxylation is 1. The molecule has 0 bridgehead atoms. The number of benzene rings is 2. The van der Waals surface area contributed by atoms with Crippen LogP contribution in [-0.2, 0) is 14.6 Å². The van der Waals surface area contributed by atoms with E-state index in [0.29, 0.717) is 28.6 Å². The molecule has 0 saturated carbocycles. The summed E-state index contributed by atoms with van der Waals surface area (Å²) in [7, 11) is -3.53. The smallest absolute Gasteiger partial charge is 0.247 e. The number of rotatable bonds is 12. The molecule has 4 rings (SSSR count). The summed E-state index contributed by atoms with van der Waals surface area (Å²) in [5, 5.41) is 8.91. The van der Waals surface area contributed by atoms with E-state index in [9.17, 15) is 13.2 Å². The van der Waals surface area contributed by atoms with Crippen molar-refractivity contribution in [3.05, 3.63) is 66.4 Å². The third-order valence-electron chi connectivity index (χ3n) is 7.72. The normalized spacial score (nSPS) is 14.5. The quantitative estimate of drug-likeness (QED) is 0.193. The Morgan fingerprint density at radius 3 is 2.43 bits per heavy atom. The van der Waals surface area contributed by atoms with Gasteiger partial charge in [-0.05, 0) is 109 Å². The molecule has 44 heavy (non-hydrogen) atoms. The molecule has 1 saturated heterocycles. The molecule has 0 spiro atoms. The van der Waals surface area contributed by atoms with Crippen LogP contribution in [-0.4, -0.2) is 60.2 Å². The summed E-state index contributed by atoms with van der Waals surface area (Å²) in [4.78, 5) is 24.3. The van der Waals surface area contributed by atoms with Gasteiger partial charge in [-0.2, -0.15) is 4.98 Å². The molecule has 1 aliphatic heterocycles. The highest BCUT2D eigenvalue weighted by Gasteiger charge is 2.26. The van der Waals surface area contributed by atoms with Crippen LogP contribution >= 0.6 is 0 Å². The monoisotopic (exact) mass is 620 g/mol. The van der Waals surface area contributed by atoms with Gasteiger partial charge in [0.2, 0.25) is 11.9 Å². The predicted octanol–water partition coefficient (Wildman–Crippen LogP) is 6.57. The summed E-state index contributed by atoms with van der Waals surface area (Å²) in [5.41, 5.74) is 3.46. The lowest BCUT2D eigenvalue weighted by molar-refractivity contribution is -0.111. The number of likely N-dealkylation sites (tertiary alicyclic amines) is 1. The molecule has 3 N–H and O–H groups in total. The van der Waals surface area contributed by atoms with Crippen molar-refractivity contribution in [1.82, 2.24) is 14.9 Å². The van der Waals surface area contributed by atoms with Gasteiger partial charge < -0.3 is 25.6 Å². The number of amides is 1. The highest BCUT2D eigenvalue weighted by Crippen LogP contribution is 2.41. The number of ether oxygens (including phenoxy) is 1. The molecule has 3 aromatic rings. The van der Waals surface area contributed by atoms with Gasteiger partial charge in [0, 0.05) is 17.4 Å². The summed E-state index contributed by atoms with van der Waals surface area (Å²) < 4.78 is 32.3. The minimum absolute atomic E-state index is 0.102. The van der Waals surface area contributed by atoms with Crippen molar-refractivity contribution in [2.45, 2.75) is 76.6 Å². The number of piperidine rings is 1. The van der Waals surface area contributed by atoms with Crippen molar-refractivity contribution in [3.63, 3.8) is 0 Å². The van der Waals surface area contributed by atoms with E-state index in [2.05, 4.69) is 39.3 Å². The number of hydrogen-bond donors (Lipinski definition) is 3. The summed E-state index contributed by atoms with van der Waals surface area (Å²) in [5.74, 6) is 1.32. The minimum atomic E-state index is -3.53. The van der Waals surface area contributed by atoms with Crippen LogP contribution in [0.15, 0.2) is 60.1 Å². The zero-order valence-electron chi connectivity index (χ0n) is 26.5. The van der Waals surface area contributed by atoms with E-state index in [0.717, 1.165) is 43.6 Å². The summed E-state index contributed by atoms with van der Waals surface area (Å²) >= 11 is 0. The van der Waals surface area contributed by atoms with Gasteiger partial charge in [0.1, 0.15) is 11.6 Å². The maximum absolute atomic E-state index is 13.0. The number of nitrogens with zero attached hydrogens (tertiary/aromatic N) is 3. The zero-order chi connectivity index (χ0) is 32.0. The van der Waals surface area contributed by atoms with Crippen molar-refractivity contribution in [2.75, 3.05) is 35.6 Å². The fourth-order valence-corrected chi connectivity index (χ4v) is 6.39. The summed E-state index contributed by atoms with van der Waals surface area (Å²) in [6.45, 7) is 17.9. The molecule has 0 unspecified atom stereocenters. The Balaban J connectivity index is 1.72. The van der Waals surface area contributed by atoms with E-state index in [1.165, 1.54) is 6.08 Å². The van der Waals surface area contributed by atoms with Crippen LogP contribution < -0.4 is 20.7 Å². The Bertz CT molecular complexity index is 1600. The first-order valence-corrected chi connectivity index (χ1v) is 16.7. The molecule has 2 heterocycles. The van der Waals surface area contributed by atoms with Crippen molar-refractivity contribution in [1.29, 1.82) is 0 Å². The van der Waals surface area contributed by atoms with Crippen molar-refractivity contribution < 1.29 is 17.9 Å². The number of sulfone groups is 1. The summed E-state index contributed by atoms with van der Waals surface area (Å²) in [6, 6.07) is 10.7. The van der Waals surface area contributed by atoms with Crippen LogP contribution in [0.2, 0.25) is 0 Å². The molecule has 1 aromatic heterocycles. The van der Waals surface area contributed by atoms with E-state index in [4.69, 9.17) is 9.72 Å². The van der Waals surface area contributed by atoms with Crippen LogP contribution in [0.5, 0.6) is 5.75 Å². The number of hydrogen-bond acceptors (Lipinski definition) is 9. The Kier molecular flexibility index (Phi) is 10.6. The fourth-order valence-electron chi connectivity index (χ4n) is 5.18. The van der Waals surface area contributed by atoms with Gasteiger partial charge in [-0.15, -0.1) is 0 Å². The van der Waals surface area contributed by atoms with E-state index in [1.54, 1.807) is 44.3 Å². The molecule has 0 aliphatic carbocycles. The van der Waals surface area contributed by atoms with Crippen LogP contribution in [0.1, 0.15) is 64.5 Å². The van der Waals surface area contributed by atoms with Gasteiger partial charge in [-0.1, -0.05) is 25.6 Å². The first-order chi connectivity index (χ1) is 20.9. The van der Waals surface area contributed by atoms with E-state index in [-0.39, 0.29) is 28.8 Å². The predicted molar refractivity (Wildman–Crippen MR) is 177 cm³/mol. The van der Waals surface area contributed by atoms with Gasteiger partial charge in [-0.25, -0.2) is 13.4 Å². The number of anilines is 5. The van der Waals surface area contributed by atoms with Gasteiger partial charge in [0.05, 0.1) is 27.6 Å². The Labute approximate surface area is 261 Å². The standard InChI is InChI=1S/C33H44N6O4S/c1-8-31(40)35-27-19-28(29(43-21(3)4)18-25(27)24-14-16-39(9-2)17-15-24)37-33-34-20-23(7)32(38-33)36-26-12-10-11-13-30(26)44(41,42)22(5)6/h8,10-13,18-22,24H,1,9,14-17H2,2-7H3,(H,35,40)(H2,34,36,37,38). The Hall–Kier alpha value is -3.96. The third kappa shape index (κ3) is 7.75. The van der Waals surface area contributed by atoms with Crippen molar-refractivity contribution in [2.24, 2.45) is 0 Å². The second-order valence-corrected chi connectivity index (χ2v) is 14.0. The number of para-hydroxylation sites is 1. The van der Waals surface area contributed by atoms with E-state index < -0.39 is 15.1 Å². The number of aromatic nitrogens is 2. The van der Waals surface area contributed by atoms with Crippen molar-refractivity contribution in [3.8, 4) is 5.75 Å². The molecular weight excluding hydrogens is 576 g/mol. The SMILES string of the molecule is C=CC(=O)Nc1cc(Nc2ncc(C)c(Nc3ccccc3S(=O)(=O)C(C)C)n2)c(OC(C)C)cc1C1CCN(CC)CC1. The highest BCUT2D eigenvalue weighted by molar-refractivity contribution is 7.92. The average molecular weight is 621 g/mol. The van der Waals surface area contributed by atoms with Crippen LogP contribution in [0, 0.1) is 6.92 Å². The van der Waals surface area contributed by atoms with Gasteiger partial charge in [0.15, 0.2) is 9.84 Å². The van der Waals surface area contributed by atoms with Crippen LogP contribution in [0.25, 0.3) is 0 Å². The third-order valence-corrected chi connectivity index (χ3v) is 9.93. The number of carbonyl (C=O) groups excluding carboxylic acids is 1. The maximum Gasteiger partial charge on any atom is 0.247 e. The molecule has 236 valence electrons. The van der Waals surface area contributed by atoms with Crippen molar-refractivity contribution >= 4 is 44.6 Å². The van der Waals surface area contributed by atoms with Gasteiger partial charge in [0.25, 0.3) is 0 Å². The fraction of sp³-hybridized carbons (Fsp3) is 0.424. The molecule has 1 amide bonds. The lowest BCUT2D eigenvalue weighted by atomic mass is 9.87. The lowest BCUT2D eigenvalue weighted by Gasteiger charge is -2.32. The zero-order valence-corrected chi connectivity index (χ0v) is 27.3. The molecule has 10 nitrogen and oxygen atoms in total. The Morgan fingerprint density at radius 1 is 1.09 bits per heavy atom. The highest BCUT2D eigenvalue weighted by atomic mass is 32.2. The number of carbonyl (C=O) groups is 1. The van der Waals surface area contributed by atoms with Crippen LogP contribution in [0.3, 0.4) is 0 Å². The first kappa shape index (κ1) is 32.9. The topological polar surface area (TPSA) is 126 Å². The van der Waals surface area contributed by atoms with E-state index >= 15 is 0 Å². The first-order valence-electron chi connectivity index (χ1n) is 15.1. The molecular formula is C33H44N6O4S. The van der Waals surface area contributed by atoms with Gasteiger partial charge >= 0.3 is 0 Å². The van der Waals surface area contributed by atoms with Crippen LogP contribution in [0.4, 0.5) is 28.8 Å². The molecule has 2 aromatic carbocycles. The van der Waals surface area contributed by atoms with E-state index in [1.807, 2.05) is 32.9 Å². The maximum atomic E-state index is 13.0. The second-order valence-electron chi connectivity index (χ2n) is 11.6. The molecule has 0 radical (unpaired) electrons. The van der Waals surface area contributed by atoms with Gasteiger partial charge in [-0.3, -0.25) is 4.79 Å². The molecule has 11 heteroatoms. The lowest BCUT2D eigenvalue weighted by Crippen LogP contribution is -2.32. The second kappa shape index (κ2) is 14.2. The number of nitrogens with one attached hydrogen (secondary N) is 3.